The summed E-state index contributed by atoms with van der Waals surface area (Å²) in [5.74, 6) is -0.421. The molecule has 0 spiro atoms. The minimum absolute atomic E-state index is 0.0460. The summed E-state index contributed by atoms with van der Waals surface area (Å²) in [6.07, 6.45) is 2.98. The lowest BCUT2D eigenvalue weighted by atomic mass is 10.0. The molecule has 3 rings (SSSR count). The van der Waals surface area contributed by atoms with E-state index in [0.29, 0.717) is 28.1 Å². The molecule has 2 aromatic rings. The molecule has 0 aromatic heterocycles. The number of benzene rings is 2. The van der Waals surface area contributed by atoms with Crippen molar-refractivity contribution in [3.05, 3.63) is 58.9 Å². The van der Waals surface area contributed by atoms with Crippen molar-refractivity contribution in [3.8, 4) is 11.1 Å². The zero-order chi connectivity index (χ0) is 20.3. The van der Waals surface area contributed by atoms with E-state index in [9.17, 15) is 14.0 Å². The Morgan fingerprint density at radius 1 is 1.18 bits per heavy atom. The van der Waals surface area contributed by atoms with Gasteiger partial charge in [-0.3, -0.25) is 9.59 Å². The maximum atomic E-state index is 14.1. The second kappa shape index (κ2) is 8.74. The molecule has 0 saturated heterocycles. The number of amides is 2. The molecular weight excluding hydrogens is 379 g/mol. The Bertz CT molecular complexity index is 869. The second-order valence-corrected chi connectivity index (χ2v) is 7.64. The topological polar surface area (TPSA) is 49.4 Å². The third-order valence-corrected chi connectivity index (χ3v) is 5.57. The Kier molecular flexibility index (Phi) is 6.35. The number of rotatable bonds is 5. The average molecular weight is 403 g/mol. The van der Waals surface area contributed by atoms with E-state index in [0.717, 1.165) is 19.3 Å². The number of carbonyl (C=O) groups is 2. The Morgan fingerprint density at radius 3 is 2.54 bits per heavy atom. The maximum Gasteiger partial charge on any atom is 0.253 e. The Hall–Kier alpha value is -2.40. The van der Waals surface area contributed by atoms with Crippen LogP contribution in [0.2, 0.25) is 5.02 Å². The molecule has 1 saturated carbocycles. The van der Waals surface area contributed by atoms with Gasteiger partial charge in [-0.25, -0.2) is 4.39 Å². The Balaban J connectivity index is 1.67. The van der Waals surface area contributed by atoms with Crippen molar-refractivity contribution in [2.45, 2.75) is 44.7 Å². The molecule has 1 aliphatic rings. The zero-order valence-corrected chi connectivity index (χ0v) is 16.8. The van der Waals surface area contributed by atoms with E-state index in [-0.39, 0.29) is 23.9 Å². The summed E-state index contributed by atoms with van der Waals surface area (Å²) in [5.41, 5.74) is 1.69. The first kappa shape index (κ1) is 20.3. The van der Waals surface area contributed by atoms with Gasteiger partial charge in [0, 0.05) is 41.7 Å². The number of halogens is 2. The molecule has 2 amide bonds. The third kappa shape index (κ3) is 4.53. The molecule has 2 atom stereocenters. The monoisotopic (exact) mass is 402 g/mol. The summed E-state index contributed by atoms with van der Waals surface area (Å²) >= 11 is 5.80. The highest BCUT2D eigenvalue weighted by Crippen LogP contribution is 2.27. The Labute approximate surface area is 169 Å². The fourth-order valence-corrected chi connectivity index (χ4v) is 3.81. The summed E-state index contributed by atoms with van der Waals surface area (Å²) in [6, 6.07) is 11.7. The van der Waals surface area contributed by atoms with Gasteiger partial charge >= 0.3 is 0 Å². The molecule has 6 heteroatoms. The highest BCUT2D eigenvalue weighted by molar-refractivity contribution is 6.30. The average Bonchev–Trinajstić information content (AvgIpc) is 3.15. The first-order chi connectivity index (χ1) is 13.4. The van der Waals surface area contributed by atoms with E-state index in [1.807, 2.05) is 6.92 Å². The van der Waals surface area contributed by atoms with Gasteiger partial charge in [0.25, 0.3) is 5.91 Å². The summed E-state index contributed by atoms with van der Waals surface area (Å²) in [6.45, 7) is 1.83. The van der Waals surface area contributed by atoms with Crippen LogP contribution in [0.4, 0.5) is 4.39 Å². The van der Waals surface area contributed by atoms with Gasteiger partial charge in [-0.1, -0.05) is 30.7 Å². The van der Waals surface area contributed by atoms with Gasteiger partial charge in [0.2, 0.25) is 5.91 Å². The van der Waals surface area contributed by atoms with Gasteiger partial charge in [-0.05, 0) is 55.2 Å². The van der Waals surface area contributed by atoms with E-state index in [4.69, 9.17) is 11.6 Å². The summed E-state index contributed by atoms with van der Waals surface area (Å²) in [7, 11) is 1.80. The molecule has 1 fully saturated rings. The lowest BCUT2D eigenvalue weighted by Gasteiger charge is -2.25. The summed E-state index contributed by atoms with van der Waals surface area (Å²) in [4.78, 5) is 26.1. The van der Waals surface area contributed by atoms with Crippen LogP contribution in [-0.4, -0.2) is 35.8 Å². The fraction of sp³-hybridized carbons (Fsp3) is 0.364. The molecule has 4 nitrogen and oxygen atoms in total. The first-order valence-corrected chi connectivity index (χ1v) is 9.88. The van der Waals surface area contributed by atoms with Crippen LogP contribution in [0.5, 0.6) is 0 Å². The summed E-state index contributed by atoms with van der Waals surface area (Å²) < 4.78 is 14.1. The molecule has 2 aromatic carbocycles. The number of carbonyl (C=O) groups excluding carboxylic acids is 2. The van der Waals surface area contributed by atoms with E-state index in [1.54, 1.807) is 48.3 Å². The normalized spacial score (nSPS) is 18.7. The van der Waals surface area contributed by atoms with Crippen LogP contribution < -0.4 is 5.32 Å². The minimum Gasteiger partial charge on any atom is -0.353 e. The first-order valence-electron chi connectivity index (χ1n) is 9.51. The van der Waals surface area contributed by atoms with Crippen LogP contribution in [-0.2, 0) is 4.79 Å². The predicted octanol–water partition coefficient (Wildman–Crippen LogP) is 4.67. The Morgan fingerprint density at radius 2 is 1.89 bits per heavy atom. The van der Waals surface area contributed by atoms with E-state index >= 15 is 0 Å². The number of hydrogen-bond acceptors (Lipinski definition) is 2. The van der Waals surface area contributed by atoms with Crippen molar-refractivity contribution in [1.82, 2.24) is 10.2 Å². The molecular formula is C22H24ClFN2O2. The van der Waals surface area contributed by atoms with Crippen LogP contribution in [0, 0.1) is 5.82 Å². The fourth-order valence-electron chi connectivity index (χ4n) is 3.66. The second-order valence-electron chi connectivity index (χ2n) is 7.20. The van der Waals surface area contributed by atoms with Crippen LogP contribution in [0.1, 0.15) is 43.0 Å². The molecule has 1 aliphatic carbocycles. The lowest BCUT2D eigenvalue weighted by Crippen LogP contribution is -2.38. The maximum absolute atomic E-state index is 14.1. The van der Waals surface area contributed by atoms with Crippen molar-refractivity contribution >= 4 is 23.4 Å². The number of nitrogens with zero attached hydrogens (tertiary/aromatic N) is 1. The molecule has 148 valence electrons. The van der Waals surface area contributed by atoms with E-state index in [1.165, 1.54) is 6.07 Å². The van der Waals surface area contributed by atoms with Crippen LogP contribution in [0.3, 0.4) is 0 Å². The van der Waals surface area contributed by atoms with Crippen molar-refractivity contribution in [2.24, 2.45) is 0 Å². The molecule has 0 radical (unpaired) electrons. The largest absolute Gasteiger partial charge is 0.353 e. The van der Waals surface area contributed by atoms with Gasteiger partial charge in [0.15, 0.2) is 0 Å². The van der Waals surface area contributed by atoms with Crippen molar-refractivity contribution < 1.29 is 14.0 Å². The zero-order valence-electron chi connectivity index (χ0n) is 16.0. The summed E-state index contributed by atoms with van der Waals surface area (Å²) in [5, 5.41) is 3.35. The van der Waals surface area contributed by atoms with Crippen molar-refractivity contribution in [3.63, 3.8) is 0 Å². The molecule has 0 bridgehead atoms. The molecule has 1 N–H and O–H groups in total. The van der Waals surface area contributed by atoms with Gasteiger partial charge in [-0.15, -0.1) is 0 Å². The van der Waals surface area contributed by atoms with Crippen molar-refractivity contribution in [1.29, 1.82) is 0 Å². The lowest BCUT2D eigenvalue weighted by molar-refractivity contribution is -0.121. The van der Waals surface area contributed by atoms with Crippen LogP contribution in [0.25, 0.3) is 11.1 Å². The van der Waals surface area contributed by atoms with Gasteiger partial charge < -0.3 is 10.2 Å². The minimum atomic E-state index is -0.394. The van der Waals surface area contributed by atoms with Gasteiger partial charge in [-0.2, -0.15) is 0 Å². The molecule has 2 unspecified atom stereocenters. The van der Waals surface area contributed by atoms with E-state index in [2.05, 4.69) is 5.32 Å². The van der Waals surface area contributed by atoms with Crippen LogP contribution >= 0.6 is 11.6 Å². The van der Waals surface area contributed by atoms with Crippen molar-refractivity contribution in [2.75, 3.05) is 7.05 Å². The number of nitrogens with one attached hydrogen (secondary N) is 1. The highest BCUT2D eigenvalue weighted by atomic mass is 35.5. The van der Waals surface area contributed by atoms with Crippen LogP contribution in [0.15, 0.2) is 42.5 Å². The van der Waals surface area contributed by atoms with Gasteiger partial charge in [0.1, 0.15) is 5.82 Å². The number of hydrogen-bond donors (Lipinski definition) is 1. The SMILES string of the molecule is CCC(=O)NC1CCC(N(C)C(=O)c2ccc(-c3ccc(Cl)cc3F)cc2)C1. The highest BCUT2D eigenvalue weighted by Gasteiger charge is 2.30. The molecule has 28 heavy (non-hydrogen) atoms. The molecule has 0 heterocycles. The molecule has 0 aliphatic heterocycles. The smallest absolute Gasteiger partial charge is 0.253 e. The quantitative estimate of drug-likeness (QED) is 0.790. The van der Waals surface area contributed by atoms with Gasteiger partial charge in [0.05, 0.1) is 0 Å². The third-order valence-electron chi connectivity index (χ3n) is 5.33. The standard InChI is InChI=1S/C22H24ClFN2O2/c1-3-21(27)25-17-9-10-18(13-17)26(2)22(28)15-6-4-14(5-7-15)19-11-8-16(23)12-20(19)24/h4-8,11-12,17-18H,3,9-10,13H2,1-2H3,(H,25,27). The van der Waals surface area contributed by atoms with E-state index < -0.39 is 5.82 Å². The predicted molar refractivity (Wildman–Crippen MR) is 109 cm³/mol.